The minimum absolute atomic E-state index is 0.0396. The zero-order valence-electron chi connectivity index (χ0n) is 8.16. The summed E-state index contributed by atoms with van der Waals surface area (Å²) in [6.07, 6.45) is 3.49. The van der Waals surface area contributed by atoms with E-state index >= 15 is 0 Å². The van der Waals surface area contributed by atoms with Crippen LogP contribution in [0.15, 0.2) is 18.3 Å². The number of nitrogens with one attached hydrogen (secondary N) is 2. The van der Waals surface area contributed by atoms with Gasteiger partial charge in [0, 0.05) is 11.2 Å². The van der Waals surface area contributed by atoms with Crippen LogP contribution in [0.3, 0.4) is 0 Å². The van der Waals surface area contributed by atoms with Gasteiger partial charge in [-0.2, -0.15) is 0 Å². The summed E-state index contributed by atoms with van der Waals surface area (Å²) < 4.78 is 0. The van der Waals surface area contributed by atoms with Crippen molar-refractivity contribution in [2.24, 2.45) is 0 Å². The van der Waals surface area contributed by atoms with Gasteiger partial charge in [0.2, 0.25) is 5.91 Å². The molecule has 15 heavy (non-hydrogen) atoms. The van der Waals surface area contributed by atoms with Crippen LogP contribution in [0.4, 0.5) is 5.82 Å². The summed E-state index contributed by atoms with van der Waals surface area (Å²) in [5.74, 6) is 0.462. The normalized spacial score (nSPS) is 20.2. The van der Waals surface area contributed by atoms with E-state index in [1.165, 1.54) is 0 Å². The quantitative estimate of drug-likeness (QED) is 0.801. The van der Waals surface area contributed by atoms with E-state index in [1.807, 2.05) is 0 Å². The number of nitrogens with zero attached hydrogens (tertiary/aromatic N) is 1. The fraction of sp³-hybridized carbons (Fsp3) is 0.400. The van der Waals surface area contributed by atoms with Gasteiger partial charge in [-0.05, 0) is 31.5 Å². The second-order valence-corrected chi connectivity index (χ2v) is 3.93. The summed E-state index contributed by atoms with van der Waals surface area (Å²) >= 11 is 5.78. The zero-order chi connectivity index (χ0) is 10.7. The first-order valence-electron chi connectivity index (χ1n) is 4.91. The molecule has 0 spiro atoms. The van der Waals surface area contributed by atoms with Crippen molar-refractivity contribution in [3.8, 4) is 0 Å². The molecule has 1 atom stereocenters. The molecule has 0 aliphatic carbocycles. The van der Waals surface area contributed by atoms with E-state index in [0.29, 0.717) is 10.8 Å². The molecule has 0 radical (unpaired) electrons. The van der Waals surface area contributed by atoms with Crippen LogP contribution in [0.5, 0.6) is 0 Å². The highest BCUT2D eigenvalue weighted by Crippen LogP contribution is 2.13. The predicted molar refractivity (Wildman–Crippen MR) is 58.9 cm³/mol. The first-order valence-corrected chi connectivity index (χ1v) is 5.29. The summed E-state index contributed by atoms with van der Waals surface area (Å²) in [6, 6.07) is 3.21. The van der Waals surface area contributed by atoms with Gasteiger partial charge < -0.3 is 10.6 Å². The van der Waals surface area contributed by atoms with E-state index < -0.39 is 0 Å². The fourth-order valence-corrected chi connectivity index (χ4v) is 1.75. The molecule has 4 nitrogen and oxygen atoms in total. The van der Waals surface area contributed by atoms with Gasteiger partial charge in [-0.3, -0.25) is 4.79 Å². The number of hydrogen-bond acceptors (Lipinski definition) is 3. The average Bonchev–Trinajstić information content (AvgIpc) is 2.70. The monoisotopic (exact) mass is 225 g/mol. The Morgan fingerprint density at radius 2 is 2.53 bits per heavy atom. The molecular weight excluding hydrogens is 214 g/mol. The van der Waals surface area contributed by atoms with Crippen LogP contribution in [0.25, 0.3) is 0 Å². The number of aromatic nitrogens is 1. The van der Waals surface area contributed by atoms with Crippen LogP contribution in [0, 0.1) is 0 Å². The van der Waals surface area contributed by atoms with Crippen molar-refractivity contribution in [3.63, 3.8) is 0 Å². The molecule has 2 N–H and O–H groups in total. The smallest absolute Gasteiger partial charge is 0.242 e. The molecule has 1 aliphatic rings. The van der Waals surface area contributed by atoms with Gasteiger partial charge in [0.05, 0.1) is 6.04 Å². The van der Waals surface area contributed by atoms with Gasteiger partial charge >= 0.3 is 0 Å². The molecule has 1 aromatic rings. The van der Waals surface area contributed by atoms with E-state index in [-0.39, 0.29) is 11.9 Å². The third-order valence-corrected chi connectivity index (χ3v) is 2.59. The maximum Gasteiger partial charge on any atom is 0.242 e. The molecule has 2 heterocycles. The molecule has 1 saturated heterocycles. The number of anilines is 1. The summed E-state index contributed by atoms with van der Waals surface area (Å²) in [4.78, 5) is 15.7. The van der Waals surface area contributed by atoms with E-state index in [4.69, 9.17) is 11.6 Å². The lowest BCUT2D eigenvalue weighted by Gasteiger charge is -2.10. The summed E-state index contributed by atoms with van der Waals surface area (Å²) in [5, 5.41) is 6.42. The number of hydrogen-bond donors (Lipinski definition) is 2. The van der Waals surface area contributed by atoms with Gasteiger partial charge in [-0.1, -0.05) is 11.6 Å². The molecule has 2 rings (SSSR count). The minimum Gasteiger partial charge on any atom is -0.309 e. The third kappa shape index (κ3) is 2.67. The van der Waals surface area contributed by atoms with Crippen LogP contribution in [-0.2, 0) is 4.79 Å². The number of rotatable bonds is 2. The highest BCUT2D eigenvalue weighted by atomic mass is 35.5. The lowest BCUT2D eigenvalue weighted by atomic mass is 10.2. The van der Waals surface area contributed by atoms with Gasteiger partial charge in [-0.25, -0.2) is 4.98 Å². The molecule has 1 amide bonds. The predicted octanol–water partition coefficient (Wildman–Crippen LogP) is 1.43. The molecule has 1 aliphatic heterocycles. The Balaban J connectivity index is 1.99. The van der Waals surface area contributed by atoms with Gasteiger partial charge in [-0.15, -0.1) is 0 Å². The van der Waals surface area contributed by atoms with Crippen molar-refractivity contribution < 1.29 is 4.79 Å². The molecule has 5 heteroatoms. The average molecular weight is 226 g/mol. The van der Waals surface area contributed by atoms with Gasteiger partial charge in [0.15, 0.2) is 0 Å². The summed E-state index contributed by atoms with van der Waals surface area (Å²) in [5.41, 5.74) is 0. The summed E-state index contributed by atoms with van der Waals surface area (Å²) in [7, 11) is 0. The molecule has 1 fully saturated rings. The van der Waals surface area contributed by atoms with Crippen molar-refractivity contribution in [2.75, 3.05) is 11.9 Å². The lowest BCUT2D eigenvalue weighted by Crippen LogP contribution is -2.35. The second-order valence-electron chi connectivity index (χ2n) is 3.50. The van der Waals surface area contributed by atoms with Crippen molar-refractivity contribution in [1.29, 1.82) is 0 Å². The topological polar surface area (TPSA) is 54.0 Å². The van der Waals surface area contributed by atoms with E-state index in [9.17, 15) is 4.79 Å². The maximum absolute atomic E-state index is 11.7. The highest BCUT2D eigenvalue weighted by molar-refractivity contribution is 6.30. The van der Waals surface area contributed by atoms with Crippen molar-refractivity contribution in [3.05, 3.63) is 23.4 Å². The number of amides is 1. The fourth-order valence-electron chi connectivity index (χ4n) is 1.59. The molecule has 0 bridgehead atoms. The molecule has 0 saturated carbocycles. The zero-order valence-corrected chi connectivity index (χ0v) is 8.92. The van der Waals surface area contributed by atoms with Crippen molar-refractivity contribution in [1.82, 2.24) is 10.3 Å². The Labute approximate surface area is 93.0 Å². The standard InChI is InChI=1S/C10H12ClN3O/c11-7-3-5-13-9(6-7)14-10(15)8-2-1-4-12-8/h3,5-6,8,12H,1-2,4H2,(H,13,14,15)/t8-/m0/s1. The Morgan fingerprint density at radius 1 is 1.67 bits per heavy atom. The van der Waals surface area contributed by atoms with E-state index in [1.54, 1.807) is 18.3 Å². The number of pyridine rings is 1. The SMILES string of the molecule is O=C(Nc1cc(Cl)ccn1)[C@@H]1CCCN1. The first kappa shape index (κ1) is 10.4. The molecule has 80 valence electrons. The van der Waals surface area contributed by atoms with Crippen molar-refractivity contribution >= 4 is 23.3 Å². The molecule has 1 aromatic heterocycles. The van der Waals surface area contributed by atoms with Crippen LogP contribution in [-0.4, -0.2) is 23.5 Å². The third-order valence-electron chi connectivity index (χ3n) is 2.35. The first-order chi connectivity index (χ1) is 7.25. The maximum atomic E-state index is 11.7. The Hall–Kier alpha value is -1.13. The van der Waals surface area contributed by atoms with Crippen LogP contribution < -0.4 is 10.6 Å². The van der Waals surface area contributed by atoms with E-state index in [0.717, 1.165) is 19.4 Å². The lowest BCUT2D eigenvalue weighted by molar-refractivity contribution is -0.117. The van der Waals surface area contributed by atoms with Crippen LogP contribution >= 0.6 is 11.6 Å². The van der Waals surface area contributed by atoms with Crippen LogP contribution in [0.2, 0.25) is 5.02 Å². The van der Waals surface area contributed by atoms with Crippen molar-refractivity contribution in [2.45, 2.75) is 18.9 Å². The largest absolute Gasteiger partial charge is 0.309 e. The molecular formula is C10H12ClN3O. The minimum atomic E-state index is -0.0919. The summed E-state index contributed by atoms with van der Waals surface area (Å²) in [6.45, 7) is 0.904. The number of carbonyl (C=O) groups is 1. The second kappa shape index (κ2) is 4.59. The Morgan fingerprint density at radius 3 is 3.20 bits per heavy atom. The Bertz CT molecular complexity index is 363. The van der Waals surface area contributed by atoms with Gasteiger partial charge in [0.1, 0.15) is 5.82 Å². The highest BCUT2D eigenvalue weighted by Gasteiger charge is 2.21. The van der Waals surface area contributed by atoms with E-state index in [2.05, 4.69) is 15.6 Å². The number of halogens is 1. The number of carbonyl (C=O) groups excluding carboxylic acids is 1. The molecule has 0 aromatic carbocycles. The molecule has 0 unspecified atom stereocenters. The van der Waals surface area contributed by atoms with Crippen LogP contribution in [0.1, 0.15) is 12.8 Å². The van der Waals surface area contributed by atoms with Gasteiger partial charge in [0.25, 0.3) is 0 Å². The Kier molecular flexibility index (Phi) is 3.18.